The van der Waals surface area contributed by atoms with Gasteiger partial charge in [-0.05, 0) is 24.3 Å². The van der Waals surface area contributed by atoms with Crippen LogP contribution in [0.25, 0.3) is 6.08 Å². The minimum Gasteiger partial charge on any atom is -0.462 e. The summed E-state index contributed by atoms with van der Waals surface area (Å²) in [5.41, 5.74) is 0.603. The smallest absolute Gasteiger partial charge is 0.232 e. The molecule has 3 rings (SSSR count). The summed E-state index contributed by atoms with van der Waals surface area (Å²) in [5.74, 6) is 2.36. The Morgan fingerprint density at radius 2 is 2.00 bits per heavy atom. The van der Waals surface area contributed by atoms with Crippen LogP contribution in [0.1, 0.15) is 28.8 Å². The summed E-state index contributed by atoms with van der Waals surface area (Å²) < 4.78 is 11.1. The van der Waals surface area contributed by atoms with Crippen molar-refractivity contribution in [1.82, 2.24) is 0 Å². The Bertz CT molecular complexity index is 635. The van der Waals surface area contributed by atoms with Gasteiger partial charge in [-0.25, -0.2) is 0 Å². The highest BCUT2D eigenvalue weighted by Gasteiger charge is 2.26. The fraction of sp³-hybridized carbons (Fsp3) is 0.133. The summed E-state index contributed by atoms with van der Waals surface area (Å²) >= 11 is 0. The Hall–Kier alpha value is -2.29. The molecule has 0 saturated heterocycles. The van der Waals surface area contributed by atoms with E-state index in [1.807, 2.05) is 31.2 Å². The van der Waals surface area contributed by atoms with Gasteiger partial charge in [-0.1, -0.05) is 19.1 Å². The van der Waals surface area contributed by atoms with Gasteiger partial charge in [0.2, 0.25) is 5.78 Å². The number of carbonyl (C=O) groups excluding carboxylic acids is 1. The maximum atomic E-state index is 12.0. The van der Waals surface area contributed by atoms with Gasteiger partial charge in [0.15, 0.2) is 5.76 Å². The first kappa shape index (κ1) is 10.8. The predicted molar refractivity (Wildman–Crippen MR) is 67.5 cm³/mol. The lowest BCUT2D eigenvalue weighted by molar-refractivity contribution is 0.101. The number of aryl methyl sites for hydroxylation is 1. The van der Waals surface area contributed by atoms with E-state index in [-0.39, 0.29) is 5.78 Å². The molecule has 0 amide bonds. The predicted octanol–water partition coefficient (Wildman–Crippen LogP) is 3.46. The van der Waals surface area contributed by atoms with E-state index in [1.165, 1.54) is 0 Å². The minimum atomic E-state index is -0.0972. The second-order valence-corrected chi connectivity index (χ2v) is 4.09. The number of carbonyl (C=O) groups is 1. The maximum absolute atomic E-state index is 12.0. The molecule has 1 aliphatic heterocycles. The monoisotopic (exact) mass is 240 g/mol. The number of hydrogen-bond acceptors (Lipinski definition) is 3. The van der Waals surface area contributed by atoms with E-state index in [4.69, 9.17) is 9.15 Å². The summed E-state index contributed by atoms with van der Waals surface area (Å²) in [7, 11) is 0. The van der Waals surface area contributed by atoms with Crippen molar-refractivity contribution in [3.05, 3.63) is 59.2 Å². The summed E-state index contributed by atoms with van der Waals surface area (Å²) in [5, 5.41) is 0. The van der Waals surface area contributed by atoms with E-state index in [9.17, 15) is 4.79 Å². The minimum absolute atomic E-state index is 0.0972. The fourth-order valence-electron chi connectivity index (χ4n) is 1.93. The third-order valence-electron chi connectivity index (χ3n) is 2.88. The number of benzene rings is 1. The summed E-state index contributed by atoms with van der Waals surface area (Å²) in [6, 6.07) is 11.0. The van der Waals surface area contributed by atoms with Crippen molar-refractivity contribution < 1.29 is 13.9 Å². The molecule has 18 heavy (non-hydrogen) atoms. The largest absolute Gasteiger partial charge is 0.462 e. The molecule has 3 nitrogen and oxygen atoms in total. The Morgan fingerprint density at radius 1 is 1.17 bits per heavy atom. The lowest BCUT2D eigenvalue weighted by Gasteiger charge is -1.96. The van der Waals surface area contributed by atoms with Gasteiger partial charge >= 0.3 is 0 Å². The van der Waals surface area contributed by atoms with E-state index in [0.29, 0.717) is 22.8 Å². The number of Topliss-reactive ketones (excluding diaryl/α,β-unsaturated/α-hetero) is 1. The first-order valence-corrected chi connectivity index (χ1v) is 5.90. The molecule has 1 aromatic carbocycles. The zero-order valence-corrected chi connectivity index (χ0v) is 9.97. The number of ketones is 1. The zero-order valence-electron chi connectivity index (χ0n) is 9.97. The van der Waals surface area contributed by atoms with Crippen molar-refractivity contribution in [2.45, 2.75) is 13.3 Å². The molecule has 3 heteroatoms. The van der Waals surface area contributed by atoms with Crippen molar-refractivity contribution >= 4 is 11.9 Å². The highest BCUT2D eigenvalue weighted by atomic mass is 16.5. The molecule has 0 unspecified atom stereocenters. The molecule has 0 N–H and O–H groups in total. The number of para-hydroxylation sites is 1. The molecular formula is C15H12O3. The third kappa shape index (κ3) is 1.74. The van der Waals surface area contributed by atoms with Gasteiger partial charge in [0.25, 0.3) is 0 Å². The molecule has 0 radical (unpaired) electrons. The lowest BCUT2D eigenvalue weighted by Crippen LogP contribution is -1.97. The summed E-state index contributed by atoms with van der Waals surface area (Å²) in [6.07, 6.45) is 2.47. The Morgan fingerprint density at radius 3 is 2.72 bits per heavy atom. The molecular weight excluding hydrogens is 228 g/mol. The van der Waals surface area contributed by atoms with Gasteiger partial charge in [-0.2, -0.15) is 0 Å². The topological polar surface area (TPSA) is 39.4 Å². The Labute approximate surface area is 105 Å². The van der Waals surface area contributed by atoms with E-state index in [0.717, 1.165) is 12.2 Å². The number of ether oxygens (including phenoxy) is 1. The normalized spacial score (nSPS) is 15.8. The van der Waals surface area contributed by atoms with Crippen molar-refractivity contribution in [2.24, 2.45) is 0 Å². The number of rotatable bonds is 2. The van der Waals surface area contributed by atoms with Crippen LogP contribution in [0.15, 0.2) is 46.6 Å². The molecule has 1 aliphatic rings. The van der Waals surface area contributed by atoms with E-state index in [2.05, 4.69) is 0 Å². The third-order valence-corrected chi connectivity index (χ3v) is 2.88. The number of hydrogen-bond donors (Lipinski definition) is 0. The van der Waals surface area contributed by atoms with Crippen molar-refractivity contribution in [1.29, 1.82) is 0 Å². The second kappa shape index (κ2) is 4.18. The highest BCUT2D eigenvalue weighted by molar-refractivity contribution is 6.14. The van der Waals surface area contributed by atoms with Crippen molar-refractivity contribution in [3.8, 4) is 5.75 Å². The zero-order chi connectivity index (χ0) is 12.5. The van der Waals surface area contributed by atoms with Gasteiger partial charge < -0.3 is 9.15 Å². The van der Waals surface area contributed by atoms with Crippen LogP contribution in [-0.2, 0) is 6.42 Å². The first-order valence-electron chi connectivity index (χ1n) is 5.90. The molecule has 0 atom stereocenters. The van der Waals surface area contributed by atoms with E-state index in [1.54, 1.807) is 18.2 Å². The van der Waals surface area contributed by atoms with Crippen LogP contribution in [0.5, 0.6) is 5.75 Å². The average Bonchev–Trinajstić information content (AvgIpc) is 2.97. The van der Waals surface area contributed by atoms with Crippen LogP contribution >= 0.6 is 0 Å². The number of fused-ring (bicyclic) bond motifs is 1. The number of allylic oxidation sites excluding steroid dienone is 1. The molecule has 1 aromatic heterocycles. The highest BCUT2D eigenvalue weighted by Crippen LogP contribution is 2.31. The fourth-order valence-corrected chi connectivity index (χ4v) is 1.93. The molecule has 0 fully saturated rings. The van der Waals surface area contributed by atoms with Gasteiger partial charge in [0.1, 0.15) is 17.3 Å². The van der Waals surface area contributed by atoms with E-state index >= 15 is 0 Å². The summed E-state index contributed by atoms with van der Waals surface area (Å²) in [6.45, 7) is 2.02. The average molecular weight is 240 g/mol. The lowest BCUT2D eigenvalue weighted by atomic mass is 10.1. The molecule has 0 bridgehead atoms. The van der Waals surface area contributed by atoms with Crippen molar-refractivity contribution in [2.75, 3.05) is 0 Å². The molecule has 0 aliphatic carbocycles. The molecule has 2 aromatic rings. The standard InChI is InChI=1S/C15H12O3/c1-2-10-7-8-11(17-10)9-14-15(16)12-5-3-4-6-13(12)18-14/h3-9H,2H2,1H3/b14-9-. The Kier molecular flexibility index (Phi) is 2.52. The second-order valence-electron chi connectivity index (χ2n) is 4.09. The Balaban J connectivity index is 1.94. The van der Waals surface area contributed by atoms with Crippen LogP contribution < -0.4 is 4.74 Å². The van der Waals surface area contributed by atoms with Gasteiger partial charge in [-0.15, -0.1) is 0 Å². The molecule has 90 valence electrons. The first-order chi connectivity index (χ1) is 8.78. The van der Waals surface area contributed by atoms with Crippen LogP contribution in [0.4, 0.5) is 0 Å². The SMILES string of the molecule is CCc1ccc(/C=C2\Oc3ccccc3C2=O)o1. The van der Waals surface area contributed by atoms with Gasteiger partial charge in [0, 0.05) is 12.5 Å². The van der Waals surface area contributed by atoms with Gasteiger partial charge in [-0.3, -0.25) is 4.79 Å². The van der Waals surface area contributed by atoms with Gasteiger partial charge in [0.05, 0.1) is 5.56 Å². The van der Waals surface area contributed by atoms with E-state index < -0.39 is 0 Å². The molecule has 0 spiro atoms. The number of furan rings is 1. The van der Waals surface area contributed by atoms with Crippen LogP contribution in [0.3, 0.4) is 0 Å². The van der Waals surface area contributed by atoms with Crippen LogP contribution in [0.2, 0.25) is 0 Å². The van der Waals surface area contributed by atoms with Crippen LogP contribution in [0, 0.1) is 0 Å². The maximum Gasteiger partial charge on any atom is 0.232 e. The molecule has 2 heterocycles. The van der Waals surface area contributed by atoms with Crippen LogP contribution in [-0.4, -0.2) is 5.78 Å². The summed E-state index contributed by atoms with van der Waals surface area (Å²) in [4.78, 5) is 12.0. The quantitative estimate of drug-likeness (QED) is 0.754. The molecule has 0 saturated carbocycles. The van der Waals surface area contributed by atoms with Crippen molar-refractivity contribution in [3.63, 3.8) is 0 Å².